The smallest absolute Gasteiger partial charge is 0.228 e. The molecule has 0 bridgehead atoms. The van der Waals surface area contributed by atoms with E-state index in [9.17, 15) is 4.79 Å². The van der Waals surface area contributed by atoms with Gasteiger partial charge in [0.15, 0.2) is 0 Å². The Hall–Kier alpha value is -1.39. The van der Waals surface area contributed by atoms with Crippen LogP contribution in [0.4, 0.5) is 0 Å². The number of nitrogens with zero attached hydrogens (tertiary/aromatic N) is 1. The zero-order valence-electron chi connectivity index (χ0n) is 11.9. The van der Waals surface area contributed by atoms with Gasteiger partial charge >= 0.3 is 0 Å². The Labute approximate surface area is 120 Å². The molecule has 2 fully saturated rings. The monoisotopic (exact) mass is 274 g/mol. The molecule has 2 atom stereocenters. The number of ether oxygens (including phenoxy) is 1. The third-order valence-electron chi connectivity index (χ3n) is 4.42. The van der Waals surface area contributed by atoms with Crippen molar-refractivity contribution >= 4 is 5.91 Å². The molecule has 2 saturated heterocycles. The highest BCUT2D eigenvalue weighted by Crippen LogP contribution is 2.35. The molecule has 0 radical (unpaired) electrons. The van der Waals surface area contributed by atoms with E-state index in [0.29, 0.717) is 6.04 Å². The lowest BCUT2D eigenvalue weighted by atomic mass is 9.88. The molecular weight excluding hydrogens is 252 g/mol. The quantitative estimate of drug-likeness (QED) is 0.910. The maximum Gasteiger partial charge on any atom is 0.228 e. The molecule has 0 aliphatic carbocycles. The lowest BCUT2D eigenvalue weighted by Crippen LogP contribution is -2.59. The van der Waals surface area contributed by atoms with E-state index < -0.39 is 0 Å². The van der Waals surface area contributed by atoms with Crippen LogP contribution in [0, 0.1) is 5.92 Å². The van der Waals surface area contributed by atoms with Crippen LogP contribution in [-0.2, 0) is 9.53 Å². The molecule has 0 spiro atoms. The van der Waals surface area contributed by atoms with Crippen molar-refractivity contribution in [2.45, 2.75) is 25.0 Å². The van der Waals surface area contributed by atoms with Gasteiger partial charge in [-0.3, -0.25) is 4.79 Å². The summed E-state index contributed by atoms with van der Waals surface area (Å²) in [6.45, 7) is 2.57. The van der Waals surface area contributed by atoms with Gasteiger partial charge in [-0.25, -0.2) is 0 Å². The van der Waals surface area contributed by atoms with E-state index in [1.807, 2.05) is 30.1 Å². The normalized spacial score (nSPS) is 26.9. The Bertz CT molecular complexity index is 459. The molecule has 1 aromatic rings. The highest BCUT2D eigenvalue weighted by molar-refractivity contribution is 5.80. The molecular formula is C16H22N2O2. The molecule has 2 aliphatic rings. The van der Waals surface area contributed by atoms with Gasteiger partial charge in [-0.1, -0.05) is 30.3 Å². The molecule has 20 heavy (non-hydrogen) atoms. The summed E-state index contributed by atoms with van der Waals surface area (Å²) in [6.07, 6.45) is 1.80. The summed E-state index contributed by atoms with van der Waals surface area (Å²) >= 11 is 0. The number of carbonyl (C=O) groups is 1. The first-order chi connectivity index (χ1) is 9.77. The molecule has 2 unspecified atom stereocenters. The Morgan fingerprint density at radius 2 is 2.05 bits per heavy atom. The number of hydrogen-bond donors (Lipinski definition) is 1. The van der Waals surface area contributed by atoms with Gasteiger partial charge in [-0.05, 0) is 18.4 Å². The average molecular weight is 274 g/mol. The zero-order chi connectivity index (χ0) is 13.9. The highest BCUT2D eigenvalue weighted by Gasteiger charge is 2.37. The molecule has 2 heterocycles. The molecule has 4 nitrogen and oxygen atoms in total. The van der Waals surface area contributed by atoms with Crippen LogP contribution in [0.2, 0.25) is 0 Å². The summed E-state index contributed by atoms with van der Waals surface area (Å²) in [5.74, 6) is 0.182. The van der Waals surface area contributed by atoms with E-state index in [1.54, 1.807) is 0 Å². The van der Waals surface area contributed by atoms with Crippen molar-refractivity contribution in [3.05, 3.63) is 35.9 Å². The number of benzene rings is 1. The summed E-state index contributed by atoms with van der Waals surface area (Å²) in [6, 6.07) is 10.5. The van der Waals surface area contributed by atoms with Crippen molar-refractivity contribution in [3.63, 3.8) is 0 Å². The second-order valence-electron chi connectivity index (χ2n) is 5.71. The molecule has 4 heteroatoms. The van der Waals surface area contributed by atoms with E-state index in [2.05, 4.69) is 17.4 Å². The van der Waals surface area contributed by atoms with Crippen LogP contribution in [0.15, 0.2) is 30.3 Å². The Morgan fingerprint density at radius 1 is 1.30 bits per heavy atom. The zero-order valence-corrected chi connectivity index (χ0v) is 11.9. The first kappa shape index (κ1) is 13.6. The predicted octanol–water partition coefficient (Wildman–Crippen LogP) is 1.58. The Morgan fingerprint density at radius 3 is 2.70 bits per heavy atom. The van der Waals surface area contributed by atoms with Gasteiger partial charge in [0.25, 0.3) is 0 Å². The van der Waals surface area contributed by atoms with E-state index in [-0.39, 0.29) is 17.9 Å². The van der Waals surface area contributed by atoms with E-state index in [4.69, 9.17) is 4.74 Å². The van der Waals surface area contributed by atoms with Gasteiger partial charge < -0.3 is 15.0 Å². The number of rotatable bonds is 3. The molecule has 0 saturated carbocycles. The maximum atomic E-state index is 12.7. The number of hydrogen-bond acceptors (Lipinski definition) is 3. The summed E-state index contributed by atoms with van der Waals surface area (Å²) in [4.78, 5) is 14.6. The molecule has 1 N–H and O–H groups in total. The van der Waals surface area contributed by atoms with Crippen LogP contribution >= 0.6 is 0 Å². The highest BCUT2D eigenvalue weighted by atomic mass is 16.5. The summed E-state index contributed by atoms with van der Waals surface area (Å²) < 4.78 is 5.92. The predicted molar refractivity (Wildman–Crippen MR) is 77.3 cm³/mol. The Balaban J connectivity index is 1.76. The molecule has 3 rings (SSSR count). The van der Waals surface area contributed by atoms with Crippen LogP contribution in [0.3, 0.4) is 0 Å². The van der Waals surface area contributed by atoms with Crippen molar-refractivity contribution in [2.75, 3.05) is 26.7 Å². The lowest BCUT2D eigenvalue weighted by molar-refractivity contribution is -0.147. The summed E-state index contributed by atoms with van der Waals surface area (Å²) in [5.41, 5.74) is 1.12. The SMILES string of the molecule is CN(C(=O)C1CCCOC1c1ccccc1)C1CNC1. The van der Waals surface area contributed by atoms with Crippen LogP contribution in [0.5, 0.6) is 0 Å². The van der Waals surface area contributed by atoms with Gasteiger partial charge in [-0.15, -0.1) is 0 Å². The Kier molecular flexibility index (Phi) is 4.03. The number of carbonyl (C=O) groups excluding carboxylic acids is 1. The van der Waals surface area contributed by atoms with Crippen molar-refractivity contribution in [2.24, 2.45) is 5.92 Å². The topological polar surface area (TPSA) is 41.6 Å². The number of amides is 1. The largest absolute Gasteiger partial charge is 0.373 e. The molecule has 0 aromatic heterocycles. The van der Waals surface area contributed by atoms with Gasteiger partial charge in [0, 0.05) is 26.7 Å². The fourth-order valence-electron chi connectivity index (χ4n) is 2.99. The first-order valence-corrected chi connectivity index (χ1v) is 7.41. The summed E-state index contributed by atoms with van der Waals surface area (Å²) in [5, 5.41) is 3.22. The van der Waals surface area contributed by atoms with E-state index in [0.717, 1.165) is 38.1 Å². The van der Waals surface area contributed by atoms with E-state index in [1.165, 1.54) is 0 Å². The summed E-state index contributed by atoms with van der Waals surface area (Å²) in [7, 11) is 1.92. The van der Waals surface area contributed by atoms with Crippen molar-refractivity contribution in [1.29, 1.82) is 0 Å². The number of likely N-dealkylation sites (N-methyl/N-ethyl adjacent to an activating group) is 1. The first-order valence-electron chi connectivity index (χ1n) is 7.41. The maximum absolute atomic E-state index is 12.7. The standard InChI is InChI=1S/C16H22N2O2/c1-18(13-10-17-11-13)16(19)14-8-5-9-20-15(14)12-6-3-2-4-7-12/h2-4,6-7,13-15,17H,5,8-11H2,1H3. The van der Waals surface area contributed by atoms with Crippen LogP contribution in [0.25, 0.3) is 0 Å². The van der Waals surface area contributed by atoms with Gasteiger partial charge in [0.05, 0.1) is 18.1 Å². The number of nitrogens with one attached hydrogen (secondary N) is 1. The average Bonchev–Trinajstić information content (AvgIpc) is 2.45. The van der Waals surface area contributed by atoms with E-state index >= 15 is 0 Å². The van der Waals surface area contributed by atoms with Gasteiger partial charge in [0.1, 0.15) is 0 Å². The lowest BCUT2D eigenvalue weighted by Gasteiger charge is -2.40. The van der Waals surface area contributed by atoms with Crippen LogP contribution in [-0.4, -0.2) is 43.6 Å². The second-order valence-corrected chi connectivity index (χ2v) is 5.71. The second kappa shape index (κ2) is 5.94. The van der Waals surface area contributed by atoms with Crippen LogP contribution < -0.4 is 5.32 Å². The molecule has 1 aromatic carbocycles. The molecule has 1 amide bonds. The minimum atomic E-state index is -0.0899. The van der Waals surface area contributed by atoms with Gasteiger partial charge in [0.2, 0.25) is 5.91 Å². The minimum Gasteiger partial charge on any atom is -0.373 e. The molecule has 2 aliphatic heterocycles. The van der Waals surface area contributed by atoms with Gasteiger partial charge in [-0.2, -0.15) is 0 Å². The minimum absolute atomic E-state index is 0.0447. The van der Waals surface area contributed by atoms with Crippen molar-refractivity contribution in [3.8, 4) is 0 Å². The van der Waals surface area contributed by atoms with Crippen molar-refractivity contribution < 1.29 is 9.53 Å². The fourth-order valence-corrected chi connectivity index (χ4v) is 2.99. The third-order valence-corrected chi connectivity index (χ3v) is 4.42. The van der Waals surface area contributed by atoms with Crippen LogP contribution in [0.1, 0.15) is 24.5 Å². The fraction of sp³-hybridized carbons (Fsp3) is 0.562. The third kappa shape index (κ3) is 2.58. The molecule has 108 valence electrons. The van der Waals surface area contributed by atoms with Crippen molar-refractivity contribution in [1.82, 2.24) is 10.2 Å².